The average Bonchev–Trinajstić information content (AvgIpc) is 3.05. The van der Waals surface area contributed by atoms with Crippen molar-refractivity contribution in [3.05, 3.63) is 47.5 Å². The maximum atomic E-state index is 14.4. The summed E-state index contributed by atoms with van der Waals surface area (Å²) in [5.41, 5.74) is -4.08. The number of aromatic amines is 1. The number of rotatable bonds is 8. The Morgan fingerprint density at radius 1 is 1.22 bits per heavy atom. The van der Waals surface area contributed by atoms with E-state index in [0.717, 1.165) is 18.5 Å². The number of H-pyrrole nitrogens is 1. The van der Waals surface area contributed by atoms with E-state index in [2.05, 4.69) is 15.2 Å². The van der Waals surface area contributed by atoms with Gasteiger partial charge in [-0.25, -0.2) is 22.5 Å². The molecule has 150 valence electrons. The van der Waals surface area contributed by atoms with Crippen molar-refractivity contribution in [3.63, 3.8) is 0 Å². The van der Waals surface area contributed by atoms with Crippen LogP contribution in [0.3, 0.4) is 0 Å². The largest absolute Gasteiger partial charge is 0.384 e. The Balaban J connectivity index is 2.44. The molecule has 1 aromatic carbocycles. The van der Waals surface area contributed by atoms with Gasteiger partial charge in [0.2, 0.25) is 0 Å². The van der Waals surface area contributed by atoms with Gasteiger partial charge in [0.05, 0.1) is 0 Å². The zero-order valence-corrected chi connectivity index (χ0v) is 15.1. The highest BCUT2D eigenvalue weighted by Gasteiger charge is 2.50. The highest BCUT2D eigenvalue weighted by Crippen LogP contribution is 2.48. The Morgan fingerprint density at radius 3 is 2.41 bits per heavy atom. The van der Waals surface area contributed by atoms with E-state index in [4.69, 9.17) is 0 Å². The van der Waals surface area contributed by atoms with Gasteiger partial charge >= 0.3 is 11.7 Å². The summed E-state index contributed by atoms with van der Waals surface area (Å²) in [6.45, 7) is 2.64. The summed E-state index contributed by atoms with van der Waals surface area (Å²) in [5, 5.41) is 13.0. The molecule has 4 nitrogen and oxygen atoms in total. The number of nitrogens with one attached hydrogen (secondary N) is 1. The quantitative estimate of drug-likeness (QED) is 0.639. The van der Waals surface area contributed by atoms with Crippen LogP contribution >= 0.6 is 11.8 Å². The van der Waals surface area contributed by atoms with Crippen LogP contribution in [0.4, 0.5) is 26.3 Å². The number of nitrogens with zero attached hydrogens (tertiary/aromatic N) is 2. The van der Waals surface area contributed by atoms with Crippen LogP contribution in [-0.4, -0.2) is 37.7 Å². The van der Waals surface area contributed by atoms with Crippen LogP contribution in [0.1, 0.15) is 25.2 Å². The summed E-state index contributed by atoms with van der Waals surface area (Å²) in [5.74, 6) is -2.53. The summed E-state index contributed by atoms with van der Waals surface area (Å²) in [6, 6.07) is 2.43. The van der Waals surface area contributed by atoms with Crippen molar-refractivity contribution in [3.8, 4) is 0 Å². The van der Waals surface area contributed by atoms with E-state index < -0.39 is 40.1 Å². The molecule has 1 aromatic heterocycles. The SMILES string of the molecule is CC(C)(CSC(F)(F)C(F)F)C(O)(Cc1ncn[nH]1)c1ccc(F)cc1F. The topological polar surface area (TPSA) is 61.8 Å². The van der Waals surface area contributed by atoms with Gasteiger partial charge in [-0.3, -0.25) is 5.10 Å². The van der Waals surface area contributed by atoms with E-state index in [0.29, 0.717) is 6.07 Å². The number of thioether (sulfide) groups is 1. The molecule has 0 saturated heterocycles. The van der Waals surface area contributed by atoms with Gasteiger partial charge in [-0.2, -0.15) is 13.9 Å². The lowest BCUT2D eigenvalue weighted by Gasteiger charge is -2.43. The molecule has 2 aromatic rings. The third-order valence-electron chi connectivity index (χ3n) is 4.26. The second-order valence-corrected chi connectivity index (χ2v) is 7.75. The van der Waals surface area contributed by atoms with Crippen molar-refractivity contribution >= 4 is 11.8 Å². The Morgan fingerprint density at radius 2 is 1.89 bits per heavy atom. The van der Waals surface area contributed by atoms with Gasteiger partial charge in [-0.05, 0) is 6.07 Å². The lowest BCUT2D eigenvalue weighted by molar-refractivity contribution is -0.0708. The lowest BCUT2D eigenvalue weighted by atomic mass is 9.69. The Labute approximate surface area is 155 Å². The first-order chi connectivity index (χ1) is 12.4. The average molecular weight is 413 g/mol. The predicted octanol–water partition coefficient (Wildman–Crippen LogP) is 4.13. The predicted molar refractivity (Wildman–Crippen MR) is 87.5 cm³/mol. The first-order valence-corrected chi connectivity index (χ1v) is 8.70. The molecule has 0 aliphatic heterocycles. The van der Waals surface area contributed by atoms with E-state index in [1.54, 1.807) is 0 Å². The number of alkyl halides is 4. The summed E-state index contributed by atoms with van der Waals surface area (Å²) in [7, 11) is 0. The molecule has 2 N–H and O–H groups in total. The fraction of sp³-hybridized carbons (Fsp3) is 0.500. The minimum Gasteiger partial charge on any atom is -0.384 e. The molecule has 1 unspecified atom stereocenters. The minimum absolute atomic E-state index is 0.111. The molecule has 0 spiro atoms. The molecule has 11 heteroatoms. The number of halogens is 6. The molecule has 0 aliphatic carbocycles. The van der Waals surface area contributed by atoms with Gasteiger partial charge in [0.1, 0.15) is 29.4 Å². The molecule has 1 heterocycles. The monoisotopic (exact) mass is 413 g/mol. The number of hydrogen-bond donors (Lipinski definition) is 2. The van der Waals surface area contributed by atoms with Crippen LogP contribution in [0.15, 0.2) is 24.5 Å². The fourth-order valence-corrected chi connectivity index (χ4v) is 3.46. The van der Waals surface area contributed by atoms with Crippen LogP contribution < -0.4 is 0 Å². The van der Waals surface area contributed by atoms with Crippen molar-refractivity contribution < 1.29 is 31.4 Å². The molecule has 0 bridgehead atoms. The molecule has 0 aliphatic rings. The van der Waals surface area contributed by atoms with E-state index >= 15 is 0 Å². The van der Waals surface area contributed by atoms with E-state index in [-0.39, 0.29) is 29.6 Å². The maximum absolute atomic E-state index is 14.4. The number of aliphatic hydroxyl groups is 1. The molecule has 0 amide bonds. The van der Waals surface area contributed by atoms with Gasteiger partial charge < -0.3 is 5.11 Å². The molecule has 27 heavy (non-hydrogen) atoms. The summed E-state index contributed by atoms with van der Waals surface area (Å²) in [6.07, 6.45) is -3.16. The number of benzene rings is 1. The van der Waals surface area contributed by atoms with E-state index in [1.807, 2.05) is 0 Å². The fourth-order valence-electron chi connectivity index (χ4n) is 2.54. The van der Waals surface area contributed by atoms with Gasteiger partial charge in [0.15, 0.2) is 0 Å². The summed E-state index contributed by atoms with van der Waals surface area (Å²) < 4.78 is 79.3. The zero-order valence-electron chi connectivity index (χ0n) is 14.3. The zero-order chi connectivity index (χ0) is 20.5. The Kier molecular flexibility index (Phi) is 6.15. The maximum Gasteiger partial charge on any atom is 0.353 e. The van der Waals surface area contributed by atoms with Crippen LogP contribution in [0.2, 0.25) is 0 Å². The first kappa shape index (κ1) is 21.5. The van der Waals surface area contributed by atoms with Crippen molar-refractivity contribution in [1.82, 2.24) is 15.2 Å². The second kappa shape index (κ2) is 7.70. The van der Waals surface area contributed by atoms with E-state index in [9.17, 15) is 31.4 Å². The normalized spacial score (nSPS) is 15.2. The first-order valence-electron chi connectivity index (χ1n) is 7.71. The molecule has 1 atom stereocenters. The van der Waals surface area contributed by atoms with Crippen molar-refractivity contribution in [2.24, 2.45) is 5.41 Å². The highest BCUT2D eigenvalue weighted by molar-refractivity contribution is 8.00. The standard InChI is InChI=1S/C16H17F6N3OS/c1-14(2,7-27-16(21,22)13(19)20)15(26,6-12-23-8-24-25-12)10-4-3-9(17)5-11(10)18/h3-5,8,13,26H,6-7H2,1-2H3,(H,23,24,25). The summed E-state index contributed by atoms with van der Waals surface area (Å²) in [4.78, 5) is 3.83. The van der Waals surface area contributed by atoms with Gasteiger partial charge in [-0.1, -0.05) is 31.7 Å². The van der Waals surface area contributed by atoms with Crippen molar-refractivity contribution in [2.75, 3.05) is 5.75 Å². The Bertz CT molecular complexity index is 772. The molecular formula is C16H17F6N3OS. The smallest absolute Gasteiger partial charge is 0.353 e. The number of aromatic nitrogens is 3. The third-order valence-corrected chi connectivity index (χ3v) is 5.69. The third kappa shape index (κ3) is 4.57. The number of hydrogen-bond acceptors (Lipinski definition) is 4. The minimum atomic E-state index is -4.34. The van der Waals surface area contributed by atoms with Crippen molar-refractivity contribution in [1.29, 1.82) is 0 Å². The molecule has 0 radical (unpaired) electrons. The second-order valence-electron chi connectivity index (χ2n) is 6.63. The van der Waals surface area contributed by atoms with E-state index in [1.165, 1.54) is 13.8 Å². The Hall–Kier alpha value is -1.75. The molecule has 0 saturated carbocycles. The van der Waals surface area contributed by atoms with Gasteiger partial charge in [-0.15, -0.1) is 0 Å². The molecular weight excluding hydrogens is 396 g/mol. The molecule has 2 rings (SSSR count). The lowest BCUT2D eigenvalue weighted by Crippen LogP contribution is -2.47. The van der Waals surface area contributed by atoms with Crippen molar-refractivity contribution in [2.45, 2.75) is 37.5 Å². The van der Waals surface area contributed by atoms with Crippen LogP contribution in [0, 0.1) is 17.0 Å². The molecule has 0 fully saturated rings. The van der Waals surface area contributed by atoms with Gasteiger partial charge in [0, 0.05) is 29.2 Å². The van der Waals surface area contributed by atoms with Crippen LogP contribution in [-0.2, 0) is 12.0 Å². The highest BCUT2D eigenvalue weighted by atomic mass is 32.2. The summed E-state index contributed by atoms with van der Waals surface area (Å²) >= 11 is -0.349. The van der Waals surface area contributed by atoms with Gasteiger partial charge in [0.25, 0.3) is 0 Å². The van der Waals surface area contributed by atoms with Crippen LogP contribution in [0.25, 0.3) is 0 Å². The van der Waals surface area contributed by atoms with Crippen LogP contribution in [0.5, 0.6) is 0 Å².